The number of anilines is 1. The lowest BCUT2D eigenvalue weighted by atomic mass is 10.1. The van der Waals surface area contributed by atoms with E-state index < -0.39 is 6.10 Å². The number of halogens is 1. The van der Waals surface area contributed by atoms with E-state index in [2.05, 4.69) is 10.1 Å². The lowest BCUT2D eigenvalue weighted by Crippen LogP contribution is -2.21. The molecule has 1 rings (SSSR count). The van der Waals surface area contributed by atoms with Gasteiger partial charge in [-0.2, -0.15) is 0 Å². The van der Waals surface area contributed by atoms with E-state index in [4.69, 9.17) is 11.6 Å². The summed E-state index contributed by atoms with van der Waals surface area (Å²) in [7, 11) is 1.35. The van der Waals surface area contributed by atoms with Gasteiger partial charge in [0.05, 0.1) is 24.7 Å². The molecule has 0 aliphatic rings. The minimum Gasteiger partial charge on any atom is -0.465 e. The van der Waals surface area contributed by atoms with Crippen LogP contribution in [0.4, 0.5) is 5.69 Å². The lowest BCUT2D eigenvalue weighted by molar-refractivity contribution is 0.0600. The molecule has 0 aliphatic carbocycles. The van der Waals surface area contributed by atoms with Gasteiger partial charge in [-0.05, 0) is 24.6 Å². The normalized spacial score (nSPS) is 12.0. The Bertz CT molecular complexity index is 395. The van der Waals surface area contributed by atoms with Gasteiger partial charge >= 0.3 is 5.97 Å². The van der Waals surface area contributed by atoms with Crippen molar-refractivity contribution in [2.24, 2.45) is 0 Å². The lowest BCUT2D eigenvalue weighted by Gasteiger charge is -2.12. The van der Waals surface area contributed by atoms with Crippen molar-refractivity contribution in [1.82, 2.24) is 0 Å². The minimum absolute atomic E-state index is 0.169. The van der Waals surface area contributed by atoms with Crippen molar-refractivity contribution < 1.29 is 14.6 Å². The predicted octanol–water partition coefficient (Wildman–Crippen LogP) is 1.79. The van der Waals surface area contributed by atoms with Crippen molar-refractivity contribution in [2.75, 3.05) is 24.9 Å². The molecule has 94 valence electrons. The van der Waals surface area contributed by atoms with E-state index in [1.807, 2.05) is 19.1 Å². The summed E-state index contributed by atoms with van der Waals surface area (Å²) in [5.74, 6) is -0.202. The van der Waals surface area contributed by atoms with E-state index in [9.17, 15) is 9.90 Å². The standard InChI is InChI=1S/C12H16ClNO3/c1-8-3-4-9(14-7-10(15)6-13)5-11(8)12(16)17-2/h3-5,10,14-15H,6-7H2,1-2H3. The zero-order chi connectivity index (χ0) is 12.8. The third kappa shape index (κ3) is 3.91. The number of carbonyl (C=O) groups is 1. The van der Waals surface area contributed by atoms with E-state index in [1.54, 1.807) is 6.07 Å². The Kier molecular flexibility index (Phi) is 5.25. The highest BCUT2D eigenvalue weighted by molar-refractivity contribution is 6.18. The molecule has 0 heterocycles. The van der Waals surface area contributed by atoms with Crippen LogP contribution in [0.3, 0.4) is 0 Å². The molecule has 0 fully saturated rings. The summed E-state index contributed by atoms with van der Waals surface area (Å²) in [6, 6.07) is 5.35. The zero-order valence-electron chi connectivity index (χ0n) is 9.87. The maximum atomic E-state index is 11.5. The Labute approximate surface area is 106 Å². The topological polar surface area (TPSA) is 58.6 Å². The van der Waals surface area contributed by atoms with Crippen molar-refractivity contribution in [3.05, 3.63) is 29.3 Å². The molecule has 1 unspecified atom stereocenters. The number of ether oxygens (including phenoxy) is 1. The molecule has 4 nitrogen and oxygen atoms in total. The van der Waals surface area contributed by atoms with Gasteiger partial charge in [-0.1, -0.05) is 6.07 Å². The van der Waals surface area contributed by atoms with Crippen LogP contribution in [0.2, 0.25) is 0 Å². The van der Waals surface area contributed by atoms with Gasteiger partial charge in [0.25, 0.3) is 0 Å². The molecule has 0 aromatic heterocycles. The number of esters is 1. The number of aryl methyl sites for hydroxylation is 1. The smallest absolute Gasteiger partial charge is 0.338 e. The molecule has 0 spiro atoms. The van der Waals surface area contributed by atoms with Gasteiger partial charge in [0.1, 0.15) is 0 Å². The second kappa shape index (κ2) is 6.47. The molecule has 2 N–H and O–H groups in total. The molecule has 0 saturated heterocycles. The molecule has 1 aromatic rings. The third-order valence-corrected chi connectivity index (χ3v) is 2.72. The fourth-order valence-corrected chi connectivity index (χ4v) is 1.46. The highest BCUT2D eigenvalue weighted by Gasteiger charge is 2.10. The van der Waals surface area contributed by atoms with E-state index in [0.29, 0.717) is 12.1 Å². The number of aliphatic hydroxyl groups is 1. The van der Waals surface area contributed by atoms with E-state index in [-0.39, 0.29) is 11.8 Å². The van der Waals surface area contributed by atoms with Crippen LogP contribution < -0.4 is 5.32 Å². The van der Waals surface area contributed by atoms with Gasteiger partial charge in [0.2, 0.25) is 0 Å². The molecule has 17 heavy (non-hydrogen) atoms. The monoisotopic (exact) mass is 257 g/mol. The molecule has 1 aromatic carbocycles. The summed E-state index contributed by atoms with van der Waals surface area (Å²) in [6.07, 6.45) is -0.612. The van der Waals surface area contributed by atoms with Crippen molar-refractivity contribution in [1.29, 1.82) is 0 Å². The number of nitrogens with one attached hydrogen (secondary N) is 1. The van der Waals surface area contributed by atoms with Crippen LogP contribution in [-0.4, -0.2) is 36.7 Å². The quantitative estimate of drug-likeness (QED) is 0.624. The van der Waals surface area contributed by atoms with Crippen LogP contribution in [0.5, 0.6) is 0 Å². The Hall–Kier alpha value is -1.26. The molecule has 0 saturated carbocycles. The van der Waals surface area contributed by atoms with E-state index >= 15 is 0 Å². The van der Waals surface area contributed by atoms with E-state index in [1.165, 1.54) is 7.11 Å². The van der Waals surface area contributed by atoms with Gasteiger partial charge in [0, 0.05) is 12.2 Å². The van der Waals surface area contributed by atoms with Crippen LogP contribution in [0, 0.1) is 6.92 Å². The number of alkyl halides is 1. The molecular formula is C12H16ClNO3. The van der Waals surface area contributed by atoms with Crippen LogP contribution in [0.25, 0.3) is 0 Å². The molecule has 0 bridgehead atoms. The fourth-order valence-electron chi connectivity index (χ4n) is 1.35. The summed E-state index contributed by atoms with van der Waals surface area (Å²) in [5, 5.41) is 12.3. The molecule has 1 atom stereocenters. The Morgan fingerprint density at radius 2 is 2.29 bits per heavy atom. The first kappa shape index (κ1) is 13.8. The number of hydrogen-bond acceptors (Lipinski definition) is 4. The van der Waals surface area contributed by atoms with Gasteiger partial charge in [-0.3, -0.25) is 0 Å². The van der Waals surface area contributed by atoms with Crippen LogP contribution in [0.15, 0.2) is 18.2 Å². The fraction of sp³-hybridized carbons (Fsp3) is 0.417. The Morgan fingerprint density at radius 1 is 1.59 bits per heavy atom. The SMILES string of the molecule is COC(=O)c1cc(NCC(O)CCl)ccc1C. The highest BCUT2D eigenvalue weighted by Crippen LogP contribution is 2.16. The van der Waals surface area contributed by atoms with Gasteiger partial charge in [-0.15, -0.1) is 11.6 Å². The zero-order valence-corrected chi connectivity index (χ0v) is 10.6. The Morgan fingerprint density at radius 3 is 2.88 bits per heavy atom. The summed E-state index contributed by atoms with van der Waals surface area (Å²) in [4.78, 5) is 11.5. The minimum atomic E-state index is -0.612. The van der Waals surface area contributed by atoms with Crippen molar-refractivity contribution in [3.63, 3.8) is 0 Å². The number of methoxy groups -OCH3 is 1. The molecule has 0 amide bonds. The van der Waals surface area contributed by atoms with Crippen molar-refractivity contribution in [2.45, 2.75) is 13.0 Å². The first-order valence-electron chi connectivity index (χ1n) is 5.25. The van der Waals surface area contributed by atoms with Crippen molar-refractivity contribution in [3.8, 4) is 0 Å². The summed E-state index contributed by atoms with van der Waals surface area (Å²) in [6.45, 7) is 2.18. The average molecular weight is 258 g/mol. The first-order chi connectivity index (χ1) is 8.08. The first-order valence-corrected chi connectivity index (χ1v) is 5.78. The number of carbonyl (C=O) groups excluding carboxylic acids is 1. The third-order valence-electron chi connectivity index (χ3n) is 2.36. The summed E-state index contributed by atoms with van der Waals surface area (Å²) < 4.78 is 4.68. The highest BCUT2D eigenvalue weighted by atomic mass is 35.5. The number of rotatable bonds is 5. The largest absolute Gasteiger partial charge is 0.465 e. The second-order valence-electron chi connectivity index (χ2n) is 3.71. The predicted molar refractivity (Wildman–Crippen MR) is 67.7 cm³/mol. The molecule has 0 aliphatic heterocycles. The number of aliphatic hydroxyl groups excluding tert-OH is 1. The second-order valence-corrected chi connectivity index (χ2v) is 4.02. The van der Waals surface area contributed by atoms with Gasteiger partial charge in [0.15, 0.2) is 0 Å². The van der Waals surface area contributed by atoms with Crippen LogP contribution in [-0.2, 0) is 4.74 Å². The van der Waals surface area contributed by atoms with Gasteiger partial charge < -0.3 is 15.2 Å². The molecule has 0 radical (unpaired) electrons. The maximum absolute atomic E-state index is 11.5. The van der Waals surface area contributed by atoms with E-state index in [0.717, 1.165) is 11.3 Å². The summed E-state index contributed by atoms with van der Waals surface area (Å²) in [5.41, 5.74) is 2.11. The maximum Gasteiger partial charge on any atom is 0.338 e. The summed E-state index contributed by atoms with van der Waals surface area (Å²) >= 11 is 5.48. The van der Waals surface area contributed by atoms with Crippen LogP contribution >= 0.6 is 11.6 Å². The number of hydrogen-bond donors (Lipinski definition) is 2. The molecule has 5 heteroatoms. The average Bonchev–Trinajstić information content (AvgIpc) is 2.36. The van der Waals surface area contributed by atoms with Crippen molar-refractivity contribution >= 4 is 23.3 Å². The number of benzene rings is 1. The Balaban J connectivity index is 2.78. The van der Waals surface area contributed by atoms with Gasteiger partial charge in [-0.25, -0.2) is 4.79 Å². The molecular weight excluding hydrogens is 242 g/mol. The van der Waals surface area contributed by atoms with Crippen LogP contribution in [0.1, 0.15) is 15.9 Å².